The van der Waals surface area contributed by atoms with Gasteiger partial charge >= 0.3 is 0 Å². The first kappa shape index (κ1) is 24.5. The number of halogens is 3. The first-order valence-corrected chi connectivity index (χ1v) is 12.3. The number of aromatic nitrogens is 4. The molecule has 4 aromatic rings. The van der Waals surface area contributed by atoms with Gasteiger partial charge in [0.25, 0.3) is 0 Å². The SMILES string of the molecule is C[C@@H](Oc1ccc2n[nH]c(/C=C(\F)c3ccc(NC4CCOCC4)nc3)c2c1)c1c(Cl)cncc1Cl. The number of ether oxygens (including phenoxy) is 2. The number of H-pyrrole nitrogens is 1. The number of anilines is 1. The van der Waals surface area contributed by atoms with Crippen LogP contribution in [0.1, 0.15) is 42.7 Å². The molecule has 0 unspecified atom stereocenters. The van der Waals surface area contributed by atoms with Crippen molar-refractivity contribution in [1.82, 2.24) is 20.2 Å². The summed E-state index contributed by atoms with van der Waals surface area (Å²) in [5.41, 5.74) is 2.22. The molecule has 186 valence electrons. The molecule has 36 heavy (non-hydrogen) atoms. The molecule has 0 aliphatic carbocycles. The number of nitrogens with one attached hydrogen (secondary N) is 2. The van der Waals surface area contributed by atoms with Gasteiger partial charge in [-0.25, -0.2) is 9.37 Å². The first-order valence-electron chi connectivity index (χ1n) is 11.6. The van der Waals surface area contributed by atoms with Crippen molar-refractivity contribution in [2.45, 2.75) is 31.9 Å². The molecule has 7 nitrogen and oxygen atoms in total. The number of benzene rings is 1. The predicted molar refractivity (Wildman–Crippen MR) is 140 cm³/mol. The van der Waals surface area contributed by atoms with E-state index < -0.39 is 11.9 Å². The molecule has 3 aromatic heterocycles. The highest BCUT2D eigenvalue weighted by atomic mass is 35.5. The van der Waals surface area contributed by atoms with Gasteiger partial charge < -0.3 is 14.8 Å². The van der Waals surface area contributed by atoms with Gasteiger partial charge in [-0.2, -0.15) is 5.10 Å². The van der Waals surface area contributed by atoms with Crippen LogP contribution in [0.3, 0.4) is 0 Å². The maximum Gasteiger partial charge on any atom is 0.134 e. The Morgan fingerprint density at radius 3 is 2.67 bits per heavy atom. The highest BCUT2D eigenvalue weighted by Gasteiger charge is 2.17. The number of pyridine rings is 2. The Hall–Kier alpha value is -3.20. The molecule has 10 heteroatoms. The lowest BCUT2D eigenvalue weighted by Crippen LogP contribution is -2.28. The average molecular weight is 528 g/mol. The van der Waals surface area contributed by atoms with E-state index in [0.717, 1.165) is 31.9 Å². The zero-order chi connectivity index (χ0) is 25.1. The number of rotatable bonds is 7. The van der Waals surface area contributed by atoms with Crippen molar-refractivity contribution in [1.29, 1.82) is 0 Å². The van der Waals surface area contributed by atoms with E-state index in [1.165, 1.54) is 24.7 Å². The second kappa shape index (κ2) is 10.8. The van der Waals surface area contributed by atoms with E-state index in [4.69, 9.17) is 32.7 Å². The van der Waals surface area contributed by atoms with Crippen LogP contribution in [0.5, 0.6) is 5.75 Å². The van der Waals surface area contributed by atoms with E-state index in [2.05, 4.69) is 25.5 Å². The third-order valence-corrected chi connectivity index (χ3v) is 6.65. The Labute approximate surface area is 217 Å². The Morgan fingerprint density at radius 1 is 1.17 bits per heavy atom. The van der Waals surface area contributed by atoms with Crippen molar-refractivity contribution in [2.75, 3.05) is 18.5 Å². The van der Waals surface area contributed by atoms with E-state index in [1.54, 1.807) is 30.3 Å². The number of nitrogens with zero attached hydrogens (tertiary/aromatic N) is 3. The molecule has 4 heterocycles. The summed E-state index contributed by atoms with van der Waals surface area (Å²) in [5.74, 6) is 0.858. The van der Waals surface area contributed by atoms with Crippen LogP contribution < -0.4 is 10.1 Å². The third kappa shape index (κ3) is 5.46. The van der Waals surface area contributed by atoms with E-state index in [1.807, 2.05) is 6.92 Å². The highest BCUT2D eigenvalue weighted by Crippen LogP contribution is 2.34. The summed E-state index contributed by atoms with van der Waals surface area (Å²) in [5, 5.41) is 12.1. The van der Waals surface area contributed by atoms with Crippen molar-refractivity contribution in [3.8, 4) is 5.75 Å². The molecule has 1 fully saturated rings. The van der Waals surface area contributed by atoms with Gasteiger partial charge in [0, 0.05) is 60.4 Å². The van der Waals surface area contributed by atoms with Crippen LogP contribution in [-0.2, 0) is 4.74 Å². The summed E-state index contributed by atoms with van der Waals surface area (Å²) in [4.78, 5) is 8.35. The molecule has 0 radical (unpaired) electrons. The lowest BCUT2D eigenvalue weighted by Gasteiger charge is -2.23. The number of hydrogen-bond donors (Lipinski definition) is 2. The Kier molecular flexibility index (Phi) is 7.36. The molecular formula is C26H24Cl2FN5O2. The van der Waals surface area contributed by atoms with E-state index >= 15 is 4.39 Å². The quantitative estimate of drug-likeness (QED) is 0.273. The molecule has 1 saturated heterocycles. The minimum atomic E-state index is -0.430. The molecule has 1 atom stereocenters. The lowest BCUT2D eigenvalue weighted by atomic mass is 10.1. The highest BCUT2D eigenvalue weighted by molar-refractivity contribution is 6.35. The van der Waals surface area contributed by atoms with E-state index in [0.29, 0.717) is 49.6 Å². The van der Waals surface area contributed by atoms with Gasteiger partial charge in [0.1, 0.15) is 23.5 Å². The summed E-state index contributed by atoms with van der Waals surface area (Å²) >= 11 is 12.5. The van der Waals surface area contributed by atoms with Crippen molar-refractivity contribution < 1.29 is 13.9 Å². The fourth-order valence-electron chi connectivity index (χ4n) is 4.15. The molecule has 0 spiro atoms. The van der Waals surface area contributed by atoms with Gasteiger partial charge in [-0.3, -0.25) is 10.1 Å². The van der Waals surface area contributed by atoms with Crippen LogP contribution in [0.4, 0.5) is 10.2 Å². The average Bonchev–Trinajstić information content (AvgIpc) is 3.27. The maximum absolute atomic E-state index is 15.1. The second-order valence-corrected chi connectivity index (χ2v) is 9.36. The summed E-state index contributed by atoms with van der Waals surface area (Å²) < 4.78 is 26.6. The largest absolute Gasteiger partial charge is 0.486 e. The summed E-state index contributed by atoms with van der Waals surface area (Å²) in [6.45, 7) is 3.32. The third-order valence-electron chi connectivity index (χ3n) is 6.05. The van der Waals surface area contributed by atoms with Crippen LogP contribution >= 0.6 is 23.2 Å². The number of fused-ring (bicyclic) bond motifs is 1. The summed E-state index contributed by atoms with van der Waals surface area (Å²) in [6.07, 6.45) is 7.40. The zero-order valence-electron chi connectivity index (χ0n) is 19.5. The van der Waals surface area contributed by atoms with Crippen LogP contribution in [-0.4, -0.2) is 39.4 Å². The Balaban J connectivity index is 1.33. The standard InChI is InChI=1S/C26H24Cl2FN5O2/c1-15(26-20(27)13-30-14-21(26)28)36-18-3-4-23-19(10-18)24(34-33-23)11-22(29)16-2-5-25(31-12-16)32-17-6-8-35-9-7-17/h2-5,10-15,17H,6-9H2,1H3,(H,31,32)(H,33,34)/b22-11-/t15-/m1/s1. The zero-order valence-corrected chi connectivity index (χ0v) is 21.0. The van der Waals surface area contributed by atoms with Gasteiger partial charge in [0.2, 0.25) is 0 Å². The smallest absolute Gasteiger partial charge is 0.134 e. The minimum Gasteiger partial charge on any atom is -0.486 e. The summed E-state index contributed by atoms with van der Waals surface area (Å²) in [6, 6.07) is 9.20. The molecule has 0 bridgehead atoms. The Bertz CT molecular complexity index is 1370. The van der Waals surface area contributed by atoms with Crippen molar-refractivity contribution in [3.63, 3.8) is 0 Å². The van der Waals surface area contributed by atoms with Crippen molar-refractivity contribution >= 4 is 51.8 Å². The Morgan fingerprint density at radius 2 is 1.94 bits per heavy atom. The van der Waals surface area contributed by atoms with Crippen LogP contribution in [0, 0.1) is 0 Å². The number of aromatic amines is 1. The van der Waals surface area contributed by atoms with Gasteiger partial charge in [0.15, 0.2) is 0 Å². The summed E-state index contributed by atoms with van der Waals surface area (Å²) in [7, 11) is 0. The van der Waals surface area contributed by atoms with Gasteiger partial charge in [-0.05, 0) is 50.1 Å². The maximum atomic E-state index is 15.1. The topological polar surface area (TPSA) is 85.0 Å². The van der Waals surface area contributed by atoms with Crippen molar-refractivity contribution in [3.05, 3.63) is 75.8 Å². The molecule has 0 saturated carbocycles. The molecule has 1 aliphatic rings. The van der Waals surface area contributed by atoms with Crippen LogP contribution in [0.25, 0.3) is 22.8 Å². The molecule has 2 N–H and O–H groups in total. The molecule has 1 aromatic carbocycles. The lowest BCUT2D eigenvalue weighted by molar-refractivity contribution is 0.0904. The van der Waals surface area contributed by atoms with Gasteiger partial charge in [0.05, 0.1) is 21.3 Å². The van der Waals surface area contributed by atoms with E-state index in [-0.39, 0.29) is 0 Å². The van der Waals surface area contributed by atoms with Crippen LogP contribution in [0.15, 0.2) is 48.9 Å². The fraction of sp³-hybridized carbons (Fsp3) is 0.269. The monoisotopic (exact) mass is 527 g/mol. The molecule has 1 aliphatic heterocycles. The predicted octanol–water partition coefficient (Wildman–Crippen LogP) is 6.86. The number of hydrogen-bond acceptors (Lipinski definition) is 6. The normalized spacial score (nSPS) is 15.7. The molecular weight excluding hydrogens is 504 g/mol. The van der Waals surface area contributed by atoms with E-state index in [9.17, 15) is 0 Å². The minimum absolute atomic E-state index is 0.318. The first-order chi connectivity index (χ1) is 17.5. The fourth-order valence-corrected chi connectivity index (χ4v) is 4.82. The van der Waals surface area contributed by atoms with Crippen molar-refractivity contribution in [2.24, 2.45) is 0 Å². The molecule has 0 amide bonds. The van der Waals surface area contributed by atoms with Gasteiger partial charge in [-0.15, -0.1) is 0 Å². The van der Waals surface area contributed by atoms with Gasteiger partial charge in [-0.1, -0.05) is 23.2 Å². The second-order valence-electron chi connectivity index (χ2n) is 8.55. The molecule has 5 rings (SSSR count). The van der Waals surface area contributed by atoms with Crippen LogP contribution in [0.2, 0.25) is 10.0 Å².